The van der Waals surface area contributed by atoms with Crippen molar-refractivity contribution < 1.29 is 101 Å². The Labute approximate surface area is 475 Å². The lowest BCUT2D eigenvalue weighted by Crippen LogP contribution is -2.60. The molecule has 1 amide bonds. The van der Waals surface area contributed by atoms with Gasteiger partial charge in [0.05, 0.1) is 43.7 Å². The number of carboxylic acid groups (broad SMARTS) is 2. The van der Waals surface area contributed by atoms with Crippen LogP contribution < -0.4 is 17.0 Å². The van der Waals surface area contributed by atoms with Gasteiger partial charge in [-0.25, -0.2) is 9.59 Å². The molecule has 4 aliphatic heterocycles. The molecule has 28 nitrogen and oxygen atoms in total. The van der Waals surface area contributed by atoms with Crippen molar-refractivity contribution in [3.05, 3.63) is 33.1 Å². The van der Waals surface area contributed by atoms with Gasteiger partial charge in [-0.15, -0.1) is 0 Å². The number of likely N-dealkylation sites (N-methyl/N-ethyl adjacent to an activating group) is 2. The standard InChI is InChI=1S/C54H85N5O23/c1-8-9-10-11-12-13-14-15-16-17-31(76-40(66)22-29(2)23-41(67)81-53-50(74-7)49(46(73-6)30(3)75-53)80-39(65)19-18-38(63)64)24-42(68)77-35-28-57(4)45(51(69)58(5)44(35)52(70)71)48(82-43-26-32(60)34(27-55)78-43)47-33(61)25-37(79-47)59-21-20-36(62)56-54(59)72/h20-21,29-35,37,43-50,53,60-61H,8-19,22-28,55H2,1-7H3,(H,63,64)(H,70,71)(H,56,62,72)/t29?,30-,31?,32-,33-,34+,35?,37+,43-,44?,45?,46-,47-,48?,49+,50+,53-/m0/s1. The number of amides is 1. The molecular formula is C54H85N5O23. The number of H-pyrrole nitrogens is 1. The number of aromatic amines is 1. The third kappa shape index (κ3) is 19.0. The third-order valence-electron chi connectivity index (χ3n) is 15.2. The normalized spacial score (nSPS) is 29.8. The van der Waals surface area contributed by atoms with Gasteiger partial charge >= 0.3 is 41.5 Å². The molecule has 82 heavy (non-hydrogen) atoms. The largest absolute Gasteiger partial charge is 0.481 e. The first-order valence-electron chi connectivity index (χ1n) is 28.2. The van der Waals surface area contributed by atoms with Crippen molar-refractivity contribution in [1.29, 1.82) is 0 Å². The molecule has 0 radical (unpaired) electrons. The number of nitrogens with two attached hydrogens (primary N) is 1. The van der Waals surface area contributed by atoms with Gasteiger partial charge in [-0.2, -0.15) is 0 Å². The number of aromatic nitrogens is 2. The maximum absolute atomic E-state index is 14.7. The highest BCUT2D eigenvalue weighted by Crippen LogP contribution is 2.37. The molecule has 0 aliphatic carbocycles. The van der Waals surface area contributed by atoms with E-state index in [0.29, 0.717) is 6.42 Å². The summed E-state index contributed by atoms with van der Waals surface area (Å²) in [5, 5.41) is 41.9. The molecule has 7 N–H and O–H groups in total. The molecule has 4 aliphatic rings. The summed E-state index contributed by atoms with van der Waals surface area (Å²) in [5.41, 5.74) is 4.29. The summed E-state index contributed by atoms with van der Waals surface area (Å²) >= 11 is 0. The molecule has 1 aromatic rings. The number of aliphatic hydroxyl groups is 2. The van der Waals surface area contributed by atoms with Crippen LogP contribution in [-0.4, -0.2) is 215 Å². The Balaban J connectivity index is 1.29. The summed E-state index contributed by atoms with van der Waals surface area (Å²) in [6, 6.07) is -2.19. The number of ether oxygens (including phenoxy) is 10. The van der Waals surface area contributed by atoms with Crippen molar-refractivity contribution >= 4 is 41.7 Å². The molecular weight excluding hydrogens is 1090 g/mol. The minimum Gasteiger partial charge on any atom is -0.481 e. The smallest absolute Gasteiger partial charge is 0.330 e. The number of carbonyl (C=O) groups excluding carboxylic acids is 5. The molecule has 0 bridgehead atoms. The molecule has 4 fully saturated rings. The van der Waals surface area contributed by atoms with Crippen molar-refractivity contribution in [2.45, 2.75) is 228 Å². The number of carbonyl (C=O) groups is 7. The third-order valence-corrected chi connectivity index (χ3v) is 15.2. The van der Waals surface area contributed by atoms with Crippen LogP contribution in [0, 0.1) is 5.92 Å². The number of nitrogens with one attached hydrogen (secondary N) is 1. The molecule has 5 heterocycles. The highest BCUT2D eigenvalue weighted by Gasteiger charge is 2.54. The van der Waals surface area contributed by atoms with Crippen LogP contribution in [0.4, 0.5) is 0 Å². The second-order valence-corrected chi connectivity index (χ2v) is 21.7. The fourth-order valence-corrected chi connectivity index (χ4v) is 10.9. The number of esters is 4. The van der Waals surface area contributed by atoms with Gasteiger partial charge in [0.15, 0.2) is 24.5 Å². The SMILES string of the molecule is CCCCCCCCCCCC(CC(=O)OC1CN(C)C(C(O[C@H]2C[C@H](O)[C@@H](CN)O2)[C@H]2O[C@@H](n3ccc(=O)[nH]c3=O)C[C@@H]2O)C(=O)N(C)C1C(=O)O)OC(=O)CC(C)CC(=O)O[C@@H]1O[C@@H](C)[C@H](OC)[C@@H](OC(=O)CCC(=O)O)[C@H]1OC. The van der Waals surface area contributed by atoms with Crippen molar-refractivity contribution in [2.75, 3.05) is 41.4 Å². The predicted molar refractivity (Wildman–Crippen MR) is 283 cm³/mol. The maximum atomic E-state index is 14.7. The van der Waals surface area contributed by atoms with Gasteiger partial charge in [0.25, 0.3) is 5.56 Å². The van der Waals surface area contributed by atoms with E-state index in [9.17, 15) is 58.5 Å². The summed E-state index contributed by atoms with van der Waals surface area (Å²) in [4.78, 5) is 122. The lowest BCUT2D eigenvalue weighted by molar-refractivity contribution is -0.295. The Bertz CT molecular complexity index is 2390. The molecule has 1 aromatic heterocycles. The minimum atomic E-state index is -1.79. The summed E-state index contributed by atoms with van der Waals surface area (Å²) in [6.45, 7) is 4.84. The maximum Gasteiger partial charge on any atom is 0.330 e. The number of nitrogens with zero attached hydrogens (tertiary/aromatic N) is 3. The summed E-state index contributed by atoms with van der Waals surface area (Å²) in [5.74, 6) is -7.66. The Morgan fingerprint density at radius 3 is 2.04 bits per heavy atom. The van der Waals surface area contributed by atoms with E-state index in [1.54, 1.807) is 13.8 Å². The van der Waals surface area contributed by atoms with Gasteiger partial charge in [0, 0.05) is 72.3 Å². The van der Waals surface area contributed by atoms with Gasteiger partial charge in [-0.05, 0) is 32.7 Å². The molecule has 464 valence electrons. The number of hydrogen-bond acceptors (Lipinski definition) is 23. The van der Waals surface area contributed by atoms with Gasteiger partial charge in [0.2, 0.25) is 12.2 Å². The number of methoxy groups -OCH3 is 2. The van der Waals surface area contributed by atoms with Crippen LogP contribution in [0.3, 0.4) is 0 Å². The zero-order chi connectivity index (χ0) is 60.4. The number of aliphatic carboxylic acids is 2. The van der Waals surface area contributed by atoms with Crippen LogP contribution in [0.2, 0.25) is 0 Å². The summed E-state index contributed by atoms with van der Waals surface area (Å²) in [6.07, 6.45) is -8.87. The fourth-order valence-electron chi connectivity index (χ4n) is 10.9. The van der Waals surface area contributed by atoms with Crippen LogP contribution in [0.5, 0.6) is 0 Å². The minimum absolute atomic E-state index is 0.0902. The van der Waals surface area contributed by atoms with E-state index in [0.717, 1.165) is 66.9 Å². The lowest BCUT2D eigenvalue weighted by atomic mass is 9.98. The number of rotatable bonds is 32. The highest BCUT2D eigenvalue weighted by atomic mass is 16.7. The Morgan fingerprint density at radius 1 is 0.780 bits per heavy atom. The molecule has 0 spiro atoms. The number of carboxylic acids is 2. The quantitative estimate of drug-likeness (QED) is 0.0331. The first kappa shape index (κ1) is 67.4. The average molecular weight is 1170 g/mol. The van der Waals surface area contributed by atoms with Crippen LogP contribution >= 0.6 is 0 Å². The fraction of sp³-hybridized carbons (Fsp3) is 0.796. The van der Waals surface area contributed by atoms with E-state index >= 15 is 0 Å². The van der Waals surface area contributed by atoms with E-state index in [2.05, 4.69) is 11.9 Å². The van der Waals surface area contributed by atoms with Crippen LogP contribution in [-0.2, 0) is 80.9 Å². The van der Waals surface area contributed by atoms with Gasteiger partial charge < -0.3 is 78.4 Å². The average Bonchev–Trinajstić information content (AvgIpc) is 3.12. The molecule has 4 saturated heterocycles. The molecule has 0 aromatic carbocycles. The Morgan fingerprint density at radius 2 is 1.43 bits per heavy atom. The Hall–Kier alpha value is -5.43. The van der Waals surface area contributed by atoms with Crippen LogP contribution in [0.15, 0.2) is 21.9 Å². The van der Waals surface area contributed by atoms with Crippen LogP contribution in [0.25, 0.3) is 0 Å². The topological polar surface area (TPSA) is 380 Å². The van der Waals surface area contributed by atoms with E-state index in [4.69, 9.17) is 58.2 Å². The van der Waals surface area contributed by atoms with Gasteiger partial charge in [-0.3, -0.25) is 48.0 Å². The first-order chi connectivity index (χ1) is 39.0. The summed E-state index contributed by atoms with van der Waals surface area (Å²) in [7, 11) is 5.26. The molecule has 6 unspecified atom stereocenters. The Kier molecular flexibility index (Phi) is 26.8. The highest BCUT2D eigenvalue weighted by molar-refractivity contribution is 5.89. The molecule has 5 rings (SSSR count). The van der Waals surface area contributed by atoms with Crippen molar-refractivity contribution in [3.8, 4) is 0 Å². The molecule has 17 atom stereocenters. The summed E-state index contributed by atoms with van der Waals surface area (Å²) < 4.78 is 59.4. The first-order valence-corrected chi connectivity index (χ1v) is 28.2. The number of hydrogen-bond donors (Lipinski definition) is 6. The lowest BCUT2D eigenvalue weighted by Gasteiger charge is -2.43. The zero-order valence-electron chi connectivity index (χ0n) is 47.9. The van der Waals surface area contributed by atoms with E-state index in [1.165, 1.54) is 39.4 Å². The van der Waals surface area contributed by atoms with Gasteiger partial charge in [0.1, 0.15) is 42.8 Å². The van der Waals surface area contributed by atoms with Crippen molar-refractivity contribution in [2.24, 2.45) is 11.7 Å². The van der Waals surface area contributed by atoms with E-state index in [-0.39, 0.29) is 38.6 Å². The van der Waals surface area contributed by atoms with Crippen molar-refractivity contribution in [3.63, 3.8) is 0 Å². The van der Waals surface area contributed by atoms with E-state index < -0.39 is 183 Å². The van der Waals surface area contributed by atoms with Crippen molar-refractivity contribution in [1.82, 2.24) is 19.4 Å². The van der Waals surface area contributed by atoms with E-state index in [1.807, 2.05) is 0 Å². The molecule has 0 saturated carbocycles. The van der Waals surface area contributed by atoms with Gasteiger partial charge in [-0.1, -0.05) is 65.2 Å². The monoisotopic (exact) mass is 1170 g/mol. The predicted octanol–water partition coefficient (Wildman–Crippen LogP) is 0.876. The number of unbranched alkanes of at least 4 members (excludes halogenated alkanes) is 8. The van der Waals surface area contributed by atoms with Crippen LogP contribution in [0.1, 0.15) is 136 Å². The zero-order valence-corrected chi connectivity index (χ0v) is 47.9. The number of aliphatic hydroxyl groups excluding tert-OH is 2. The second kappa shape index (κ2) is 32.6. The second-order valence-electron chi connectivity index (χ2n) is 21.7. The molecule has 28 heteroatoms.